The zero-order valence-corrected chi connectivity index (χ0v) is 15.6. The van der Waals surface area contributed by atoms with Gasteiger partial charge in [-0.15, -0.1) is 0 Å². The third-order valence-electron chi connectivity index (χ3n) is 4.06. The van der Waals surface area contributed by atoms with Crippen molar-refractivity contribution in [3.8, 4) is 0 Å². The highest BCUT2D eigenvalue weighted by atomic mass is 16.3. The first kappa shape index (κ1) is 18.5. The van der Waals surface area contributed by atoms with Gasteiger partial charge in [0.1, 0.15) is 5.52 Å². The van der Waals surface area contributed by atoms with Gasteiger partial charge in [0.15, 0.2) is 5.82 Å². The van der Waals surface area contributed by atoms with Crippen molar-refractivity contribution in [1.29, 1.82) is 0 Å². The highest BCUT2D eigenvalue weighted by Gasteiger charge is 2.11. The molecule has 0 saturated heterocycles. The molecular weight excluding hydrogens is 368 g/mol. The molecule has 0 radical (unpaired) electrons. The number of nitrogens with zero attached hydrogens (tertiary/aromatic N) is 5. The monoisotopic (exact) mass is 388 g/mol. The van der Waals surface area contributed by atoms with Crippen molar-refractivity contribution >= 4 is 34.4 Å². The minimum absolute atomic E-state index is 0.0145. The lowest BCUT2D eigenvalue weighted by Gasteiger charge is -2.12. The van der Waals surface area contributed by atoms with E-state index in [-0.39, 0.29) is 6.61 Å². The average Bonchev–Trinajstić information content (AvgIpc) is 2.77. The fraction of sp³-hybridized carbons (Fsp3) is 0.150. The van der Waals surface area contributed by atoms with Gasteiger partial charge in [0.05, 0.1) is 24.0 Å². The largest absolute Gasteiger partial charge is 0.395 e. The molecular formula is C20H20N8O. The molecule has 0 saturated carbocycles. The molecule has 0 aliphatic heterocycles. The van der Waals surface area contributed by atoms with Gasteiger partial charge in [0.2, 0.25) is 11.9 Å². The van der Waals surface area contributed by atoms with Crippen LogP contribution in [0.4, 0.5) is 23.4 Å². The minimum Gasteiger partial charge on any atom is -0.395 e. The maximum absolute atomic E-state index is 9.10. The van der Waals surface area contributed by atoms with Crippen LogP contribution in [0.25, 0.3) is 11.0 Å². The van der Waals surface area contributed by atoms with Gasteiger partial charge in [-0.3, -0.25) is 0 Å². The fourth-order valence-corrected chi connectivity index (χ4v) is 2.73. The number of anilines is 4. The predicted molar refractivity (Wildman–Crippen MR) is 112 cm³/mol. The number of fused-ring (bicyclic) bond motifs is 1. The highest BCUT2D eigenvalue weighted by molar-refractivity contribution is 5.88. The van der Waals surface area contributed by atoms with Crippen LogP contribution in [0.2, 0.25) is 0 Å². The van der Waals surface area contributed by atoms with E-state index < -0.39 is 0 Å². The molecule has 3 heterocycles. The third kappa shape index (κ3) is 4.71. The maximum atomic E-state index is 9.10. The van der Waals surface area contributed by atoms with Crippen molar-refractivity contribution in [2.75, 3.05) is 29.1 Å². The molecule has 1 aromatic carbocycles. The Morgan fingerprint density at radius 1 is 0.862 bits per heavy atom. The number of rotatable bonds is 8. The Morgan fingerprint density at radius 2 is 1.69 bits per heavy atom. The van der Waals surface area contributed by atoms with Gasteiger partial charge in [-0.05, 0) is 17.7 Å². The Bertz CT molecular complexity index is 1080. The van der Waals surface area contributed by atoms with Crippen LogP contribution in [-0.2, 0) is 6.54 Å². The van der Waals surface area contributed by atoms with Crippen molar-refractivity contribution in [3.63, 3.8) is 0 Å². The molecule has 0 aliphatic rings. The van der Waals surface area contributed by atoms with Crippen molar-refractivity contribution in [1.82, 2.24) is 24.9 Å². The summed E-state index contributed by atoms with van der Waals surface area (Å²) in [4.78, 5) is 21.9. The summed E-state index contributed by atoms with van der Waals surface area (Å²) in [5.41, 5.74) is 3.14. The van der Waals surface area contributed by atoms with E-state index in [1.165, 1.54) is 0 Å². The second-order valence-corrected chi connectivity index (χ2v) is 6.17. The summed E-state index contributed by atoms with van der Waals surface area (Å²) in [6.45, 7) is 0.943. The Balaban J connectivity index is 1.65. The van der Waals surface area contributed by atoms with Crippen molar-refractivity contribution in [3.05, 3.63) is 66.6 Å². The molecule has 9 heteroatoms. The van der Waals surface area contributed by atoms with Crippen molar-refractivity contribution in [2.24, 2.45) is 0 Å². The first-order valence-electron chi connectivity index (χ1n) is 9.16. The second-order valence-electron chi connectivity index (χ2n) is 6.17. The first-order valence-corrected chi connectivity index (χ1v) is 9.16. The molecule has 0 unspecified atom stereocenters. The number of nitrogens with one attached hydrogen (secondary N) is 3. The SMILES string of the molecule is OCCNc1nc(NCc2ccccc2)c2ncc(Nc3ncccn3)cc2n1. The summed E-state index contributed by atoms with van der Waals surface area (Å²) < 4.78 is 0. The van der Waals surface area contributed by atoms with E-state index in [2.05, 4.69) is 40.9 Å². The van der Waals surface area contributed by atoms with Crippen molar-refractivity contribution in [2.45, 2.75) is 6.54 Å². The van der Waals surface area contributed by atoms with Crippen LogP contribution in [0.3, 0.4) is 0 Å². The maximum Gasteiger partial charge on any atom is 0.227 e. The summed E-state index contributed by atoms with van der Waals surface area (Å²) in [7, 11) is 0. The van der Waals surface area contributed by atoms with Gasteiger partial charge >= 0.3 is 0 Å². The summed E-state index contributed by atoms with van der Waals surface area (Å²) in [5.74, 6) is 1.50. The van der Waals surface area contributed by atoms with Gasteiger partial charge in [-0.2, -0.15) is 4.98 Å². The average molecular weight is 388 g/mol. The van der Waals surface area contributed by atoms with E-state index >= 15 is 0 Å². The van der Waals surface area contributed by atoms with Gasteiger partial charge in [-0.1, -0.05) is 30.3 Å². The number of hydrogen-bond donors (Lipinski definition) is 4. The zero-order valence-electron chi connectivity index (χ0n) is 15.6. The summed E-state index contributed by atoms with van der Waals surface area (Å²) in [6, 6.07) is 13.6. The smallest absolute Gasteiger partial charge is 0.227 e. The third-order valence-corrected chi connectivity index (χ3v) is 4.06. The lowest BCUT2D eigenvalue weighted by atomic mass is 10.2. The second kappa shape index (κ2) is 8.89. The number of benzene rings is 1. The molecule has 9 nitrogen and oxygen atoms in total. The van der Waals surface area contributed by atoms with E-state index in [9.17, 15) is 0 Å². The Morgan fingerprint density at radius 3 is 2.48 bits per heavy atom. The van der Waals surface area contributed by atoms with E-state index in [1.807, 2.05) is 36.4 Å². The predicted octanol–water partition coefficient (Wildman–Crippen LogP) is 2.57. The number of hydrogen-bond acceptors (Lipinski definition) is 9. The molecule has 146 valence electrons. The van der Waals surface area contributed by atoms with E-state index in [0.717, 1.165) is 5.56 Å². The molecule has 0 amide bonds. The molecule has 0 bridgehead atoms. The van der Waals surface area contributed by atoms with Crippen LogP contribution in [0.5, 0.6) is 0 Å². The number of aromatic nitrogens is 5. The summed E-state index contributed by atoms with van der Waals surface area (Å²) >= 11 is 0. The molecule has 4 N–H and O–H groups in total. The van der Waals surface area contributed by atoms with Crippen LogP contribution in [-0.4, -0.2) is 43.2 Å². The van der Waals surface area contributed by atoms with Crippen LogP contribution >= 0.6 is 0 Å². The first-order chi connectivity index (χ1) is 14.3. The van der Waals surface area contributed by atoms with Gasteiger partial charge in [-0.25, -0.2) is 19.9 Å². The zero-order chi connectivity index (χ0) is 19.9. The fourth-order valence-electron chi connectivity index (χ4n) is 2.73. The van der Waals surface area contributed by atoms with Gasteiger partial charge < -0.3 is 21.1 Å². The normalized spacial score (nSPS) is 10.7. The molecule has 3 aromatic heterocycles. The Labute approximate surface area is 167 Å². The quantitative estimate of drug-likeness (QED) is 0.361. The molecule has 0 aliphatic carbocycles. The Kier molecular flexibility index (Phi) is 5.68. The topological polar surface area (TPSA) is 121 Å². The standard InChI is InChI=1S/C20H20N8O/c29-10-9-23-20-27-16-11-15(26-19-21-7-4-8-22-19)13-24-17(16)18(28-20)25-12-14-5-2-1-3-6-14/h1-8,11,13,29H,9-10,12H2,(H,21,22,26)(H2,23,25,27,28). The van der Waals surface area contributed by atoms with E-state index in [4.69, 9.17) is 5.11 Å². The van der Waals surface area contributed by atoms with E-state index in [0.29, 0.717) is 47.5 Å². The molecule has 0 fully saturated rings. The molecule has 29 heavy (non-hydrogen) atoms. The number of pyridine rings is 1. The van der Waals surface area contributed by atoms with Crippen molar-refractivity contribution < 1.29 is 5.11 Å². The molecule has 0 spiro atoms. The molecule has 4 rings (SSSR count). The number of aliphatic hydroxyl groups excluding tert-OH is 1. The van der Waals surface area contributed by atoms with E-state index in [1.54, 1.807) is 24.7 Å². The molecule has 4 aromatic rings. The van der Waals surface area contributed by atoms with Crippen LogP contribution in [0.1, 0.15) is 5.56 Å². The summed E-state index contributed by atoms with van der Waals surface area (Å²) in [5, 5.41) is 18.5. The molecule has 0 atom stereocenters. The van der Waals surface area contributed by atoms with Crippen LogP contribution in [0.15, 0.2) is 61.1 Å². The van der Waals surface area contributed by atoms with Crippen LogP contribution < -0.4 is 16.0 Å². The Hall–Kier alpha value is -3.85. The van der Waals surface area contributed by atoms with Gasteiger partial charge in [0.25, 0.3) is 0 Å². The lowest BCUT2D eigenvalue weighted by Crippen LogP contribution is -2.11. The highest BCUT2D eigenvalue weighted by Crippen LogP contribution is 2.24. The van der Waals surface area contributed by atoms with Crippen LogP contribution in [0, 0.1) is 0 Å². The lowest BCUT2D eigenvalue weighted by molar-refractivity contribution is 0.311. The van der Waals surface area contributed by atoms with Gasteiger partial charge in [0, 0.05) is 25.5 Å². The number of aliphatic hydroxyl groups is 1. The minimum atomic E-state index is -0.0145. The summed E-state index contributed by atoms with van der Waals surface area (Å²) in [6.07, 6.45) is 5.01.